The molecule has 0 spiro atoms. The summed E-state index contributed by atoms with van der Waals surface area (Å²) in [6, 6.07) is 7.82. The topological polar surface area (TPSA) is 26.0 Å². The van der Waals surface area contributed by atoms with Crippen LogP contribution >= 0.6 is 0 Å². The molecule has 0 N–H and O–H groups in total. The predicted molar refractivity (Wildman–Crippen MR) is 72.3 cm³/mol. The van der Waals surface area contributed by atoms with Crippen molar-refractivity contribution in [1.82, 2.24) is 4.98 Å². The van der Waals surface area contributed by atoms with Gasteiger partial charge in [-0.2, -0.15) is 13.2 Å². The maximum absolute atomic E-state index is 13.3. The Morgan fingerprint density at radius 2 is 1.52 bits per heavy atom. The van der Waals surface area contributed by atoms with Crippen LogP contribution in [0.2, 0.25) is 0 Å². The van der Waals surface area contributed by atoms with Gasteiger partial charge < -0.3 is 4.42 Å². The lowest BCUT2D eigenvalue weighted by molar-refractivity contribution is -0.139. The van der Waals surface area contributed by atoms with Gasteiger partial charge in [-0.3, -0.25) is 0 Å². The number of aromatic nitrogens is 1. The molecule has 0 radical (unpaired) electrons. The average Bonchev–Trinajstić information content (AvgIpc) is 2.97. The molecule has 0 saturated carbocycles. The lowest BCUT2D eigenvalue weighted by atomic mass is 10.1. The number of hydrogen-bond acceptors (Lipinski definition) is 2. The maximum Gasteiger partial charge on any atom is 0.419 e. The van der Waals surface area contributed by atoms with E-state index in [-0.39, 0.29) is 17.2 Å². The summed E-state index contributed by atoms with van der Waals surface area (Å²) in [7, 11) is 0. The Labute approximate surface area is 127 Å². The molecular formula is C16H8F5NO. The highest BCUT2D eigenvalue weighted by Crippen LogP contribution is 2.34. The van der Waals surface area contributed by atoms with Crippen LogP contribution in [0.15, 0.2) is 53.1 Å². The first kappa shape index (κ1) is 15.2. The maximum atomic E-state index is 13.3. The summed E-state index contributed by atoms with van der Waals surface area (Å²) in [6.07, 6.45) is -3.51. The quantitative estimate of drug-likeness (QED) is 0.597. The van der Waals surface area contributed by atoms with Gasteiger partial charge in [0.15, 0.2) is 5.76 Å². The Bertz CT molecular complexity index is 836. The molecule has 0 aliphatic rings. The monoisotopic (exact) mass is 325 g/mol. The third kappa shape index (κ3) is 3.08. The van der Waals surface area contributed by atoms with Gasteiger partial charge in [0.25, 0.3) is 0 Å². The second-order valence-electron chi connectivity index (χ2n) is 4.73. The molecular weight excluding hydrogens is 317 g/mol. The third-order valence-corrected chi connectivity index (χ3v) is 3.15. The lowest BCUT2D eigenvalue weighted by Crippen LogP contribution is -2.08. The summed E-state index contributed by atoms with van der Waals surface area (Å²) in [5, 5.41) is 0. The molecule has 1 aromatic heterocycles. The van der Waals surface area contributed by atoms with Gasteiger partial charge in [0, 0.05) is 11.1 Å². The molecule has 118 valence electrons. The molecule has 7 heteroatoms. The minimum atomic E-state index is -4.81. The van der Waals surface area contributed by atoms with Crippen molar-refractivity contribution in [2.24, 2.45) is 0 Å². The molecule has 0 amide bonds. The molecule has 0 unspecified atom stereocenters. The highest BCUT2D eigenvalue weighted by atomic mass is 19.4. The van der Waals surface area contributed by atoms with Crippen LogP contribution in [0, 0.1) is 11.6 Å². The summed E-state index contributed by atoms with van der Waals surface area (Å²) in [5.74, 6) is -1.62. The minimum Gasteiger partial charge on any atom is -0.436 e. The fraction of sp³-hybridized carbons (Fsp3) is 0.0625. The van der Waals surface area contributed by atoms with Gasteiger partial charge in [-0.25, -0.2) is 13.8 Å². The number of nitrogens with zero attached hydrogens (tertiary/aromatic N) is 1. The summed E-state index contributed by atoms with van der Waals surface area (Å²) < 4.78 is 69.7. The van der Waals surface area contributed by atoms with E-state index in [9.17, 15) is 22.0 Å². The van der Waals surface area contributed by atoms with Crippen molar-refractivity contribution in [1.29, 1.82) is 0 Å². The van der Waals surface area contributed by atoms with Crippen LogP contribution in [-0.2, 0) is 6.18 Å². The number of benzene rings is 2. The number of rotatable bonds is 2. The highest BCUT2D eigenvalue weighted by Gasteiger charge is 2.34. The van der Waals surface area contributed by atoms with E-state index in [1.165, 1.54) is 30.5 Å². The molecule has 0 bridgehead atoms. The van der Waals surface area contributed by atoms with E-state index < -0.39 is 23.4 Å². The Hall–Kier alpha value is -2.70. The van der Waals surface area contributed by atoms with Gasteiger partial charge in [0.2, 0.25) is 5.89 Å². The van der Waals surface area contributed by atoms with Gasteiger partial charge in [-0.05, 0) is 42.5 Å². The Kier molecular flexibility index (Phi) is 3.63. The van der Waals surface area contributed by atoms with Crippen LogP contribution in [0.4, 0.5) is 22.0 Å². The Morgan fingerprint density at radius 1 is 0.870 bits per heavy atom. The smallest absolute Gasteiger partial charge is 0.419 e. The van der Waals surface area contributed by atoms with E-state index in [2.05, 4.69) is 4.98 Å². The second kappa shape index (κ2) is 5.49. The van der Waals surface area contributed by atoms with Crippen LogP contribution in [0.5, 0.6) is 0 Å². The number of hydrogen-bond donors (Lipinski definition) is 0. The third-order valence-electron chi connectivity index (χ3n) is 3.15. The van der Waals surface area contributed by atoms with Crippen molar-refractivity contribution >= 4 is 0 Å². The normalized spacial score (nSPS) is 11.7. The van der Waals surface area contributed by atoms with Crippen molar-refractivity contribution in [3.8, 4) is 22.8 Å². The Morgan fingerprint density at radius 3 is 2.17 bits per heavy atom. The molecule has 0 aliphatic carbocycles. The second-order valence-corrected chi connectivity index (χ2v) is 4.73. The molecule has 23 heavy (non-hydrogen) atoms. The van der Waals surface area contributed by atoms with Crippen molar-refractivity contribution in [2.75, 3.05) is 0 Å². The molecule has 2 nitrogen and oxygen atoms in total. The van der Waals surface area contributed by atoms with Crippen LogP contribution < -0.4 is 0 Å². The fourth-order valence-electron chi connectivity index (χ4n) is 2.03. The van der Waals surface area contributed by atoms with Crippen molar-refractivity contribution in [3.63, 3.8) is 0 Å². The van der Waals surface area contributed by atoms with Crippen molar-refractivity contribution < 1.29 is 26.4 Å². The zero-order valence-corrected chi connectivity index (χ0v) is 11.4. The molecule has 0 fully saturated rings. The number of halogens is 5. The van der Waals surface area contributed by atoms with Crippen LogP contribution in [0.25, 0.3) is 22.8 Å². The summed E-state index contributed by atoms with van der Waals surface area (Å²) in [6.45, 7) is 0. The average molecular weight is 325 g/mol. The van der Waals surface area contributed by atoms with E-state index in [4.69, 9.17) is 4.42 Å². The standard InChI is InChI=1S/C16H8F5NO/c17-11-4-1-9(2-5-11)14-8-22-15(23-14)10-3-6-13(18)12(7-10)16(19,20)21/h1-8H. The van der Waals surface area contributed by atoms with Crippen molar-refractivity contribution in [2.45, 2.75) is 6.18 Å². The first-order valence-electron chi connectivity index (χ1n) is 6.43. The SMILES string of the molecule is Fc1ccc(-c2cnc(-c3ccc(F)c(C(F)(F)F)c3)o2)cc1. The van der Waals surface area contributed by atoms with Crippen LogP contribution in [-0.4, -0.2) is 4.98 Å². The van der Waals surface area contributed by atoms with Gasteiger partial charge in [-0.1, -0.05) is 0 Å². The largest absolute Gasteiger partial charge is 0.436 e. The molecule has 1 heterocycles. The summed E-state index contributed by atoms with van der Waals surface area (Å²) >= 11 is 0. The van der Waals surface area contributed by atoms with E-state index in [1.54, 1.807) is 0 Å². The number of alkyl halides is 3. The van der Waals surface area contributed by atoms with Gasteiger partial charge in [0.1, 0.15) is 11.6 Å². The summed E-state index contributed by atoms with van der Waals surface area (Å²) in [4.78, 5) is 3.89. The van der Waals surface area contributed by atoms with Gasteiger partial charge in [0.05, 0.1) is 11.8 Å². The molecule has 2 aromatic carbocycles. The zero-order chi connectivity index (χ0) is 16.6. The van der Waals surface area contributed by atoms with Gasteiger partial charge in [-0.15, -0.1) is 0 Å². The number of oxazole rings is 1. The molecule has 3 aromatic rings. The zero-order valence-electron chi connectivity index (χ0n) is 11.4. The first-order chi connectivity index (χ1) is 10.8. The molecule has 0 aliphatic heterocycles. The van der Waals surface area contributed by atoms with E-state index in [0.717, 1.165) is 6.07 Å². The molecule has 0 saturated heterocycles. The van der Waals surface area contributed by atoms with Crippen LogP contribution in [0.3, 0.4) is 0 Å². The predicted octanol–water partition coefficient (Wildman–Crippen LogP) is 5.31. The minimum absolute atomic E-state index is 0.00733. The van der Waals surface area contributed by atoms with Crippen molar-refractivity contribution in [3.05, 3.63) is 65.9 Å². The Balaban J connectivity index is 1.99. The molecule has 0 atom stereocenters. The van der Waals surface area contributed by atoms with E-state index in [1.807, 2.05) is 0 Å². The highest BCUT2D eigenvalue weighted by molar-refractivity contribution is 5.61. The van der Waals surface area contributed by atoms with Gasteiger partial charge >= 0.3 is 6.18 Å². The summed E-state index contributed by atoms with van der Waals surface area (Å²) in [5.41, 5.74) is -0.882. The molecule has 3 rings (SSSR count). The van der Waals surface area contributed by atoms with E-state index in [0.29, 0.717) is 17.7 Å². The fourth-order valence-corrected chi connectivity index (χ4v) is 2.03. The first-order valence-corrected chi connectivity index (χ1v) is 6.43. The lowest BCUT2D eigenvalue weighted by Gasteiger charge is -2.08. The van der Waals surface area contributed by atoms with E-state index >= 15 is 0 Å². The van der Waals surface area contributed by atoms with Crippen LogP contribution in [0.1, 0.15) is 5.56 Å².